The highest BCUT2D eigenvalue weighted by Crippen LogP contribution is 2.11. The van der Waals surface area contributed by atoms with Gasteiger partial charge in [0, 0.05) is 12.1 Å². The number of amides is 2. The molecule has 8 nitrogen and oxygen atoms in total. The van der Waals surface area contributed by atoms with Crippen molar-refractivity contribution in [3.63, 3.8) is 0 Å². The summed E-state index contributed by atoms with van der Waals surface area (Å²) in [6.45, 7) is 11.2. The van der Waals surface area contributed by atoms with Crippen LogP contribution in [0.3, 0.4) is 0 Å². The zero-order valence-corrected chi connectivity index (χ0v) is 19.7. The molecule has 176 valence electrons. The number of nitrogens with one attached hydrogen (secondary N) is 1. The van der Waals surface area contributed by atoms with Gasteiger partial charge >= 0.3 is 0 Å². The second kappa shape index (κ2) is 13.6. The van der Waals surface area contributed by atoms with Gasteiger partial charge < -0.3 is 24.4 Å². The van der Waals surface area contributed by atoms with E-state index in [4.69, 9.17) is 9.26 Å². The highest BCUT2D eigenvalue weighted by molar-refractivity contribution is 5.94. The van der Waals surface area contributed by atoms with Crippen molar-refractivity contribution in [3.8, 4) is 0 Å². The molecule has 32 heavy (non-hydrogen) atoms. The third-order valence-electron chi connectivity index (χ3n) is 5.39. The highest BCUT2D eigenvalue weighted by atomic mass is 16.5. The van der Waals surface area contributed by atoms with E-state index in [1.165, 1.54) is 0 Å². The predicted molar refractivity (Wildman–Crippen MR) is 124 cm³/mol. The van der Waals surface area contributed by atoms with Crippen LogP contribution in [-0.2, 0) is 20.9 Å². The van der Waals surface area contributed by atoms with E-state index in [0.717, 1.165) is 38.0 Å². The molecule has 8 heteroatoms. The van der Waals surface area contributed by atoms with Crippen molar-refractivity contribution in [1.29, 1.82) is 0 Å². The van der Waals surface area contributed by atoms with Crippen molar-refractivity contribution in [2.45, 2.75) is 53.2 Å². The molecule has 0 radical (unpaired) electrons. The molecule has 0 bridgehead atoms. The number of aromatic nitrogens is 1. The first-order chi connectivity index (χ1) is 15.4. The Morgan fingerprint density at radius 1 is 1.19 bits per heavy atom. The van der Waals surface area contributed by atoms with Crippen LogP contribution in [0.2, 0.25) is 0 Å². The first-order valence-corrected chi connectivity index (χ1v) is 11.3. The average Bonchev–Trinajstić information content (AvgIpc) is 3.19. The largest absolute Gasteiger partial charge is 0.367 e. The van der Waals surface area contributed by atoms with Crippen LogP contribution in [0.25, 0.3) is 0 Å². The topological polar surface area (TPSA) is 87.9 Å². The Labute approximate surface area is 190 Å². The zero-order chi connectivity index (χ0) is 23.3. The number of rotatable bonds is 14. The van der Waals surface area contributed by atoms with Crippen LogP contribution in [0.4, 0.5) is 5.82 Å². The van der Waals surface area contributed by atoms with Gasteiger partial charge in [-0.3, -0.25) is 9.59 Å². The zero-order valence-electron chi connectivity index (χ0n) is 19.7. The van der Waals surface area contributed by atoms with Crippen molar-refractivity contribution in [1.82, 2.24) is 15.0 Å². The summed E-state index contributed by atoms with van der Waals surface area (Å²) < 4.78 is 10.6. The molecule has 0 fully saturated rings. The Bertz CT molecular complexity index is 820. The van der Waals surface area contributed by atoms with Crippen LogP contribution >= 0.6 is 0 Å². The molecule has 2 rings (SSSR count). The van der Waals surface area contributed by atoms with E-state index in [0.29, 0.717) is 18.2 Å². The van der Waals surface area contributed by atoms with E-state index < -0.39 is 0 Å². The van der Waals surface area contributed by atoms with E-state index in [2.05, 4.69) is 29.2 Å². The Hall–Kier alpha value is -2.71. The molecule has 0 aliphatic rings. The fourth-order valence-corrected chi connectivity index (χ4v) is 3.47. The molecular weight excluding hydrogens is 408 g/mol. The van der Waals surface area contributed by atoms with Gasteiger partial charge in [-0.15, -0.1) is 0 Å². The number of hydrogen-bond donors (Lipinski definition) is 1. The Kier molecular flexibility index (Phi) is 10.9. The number of nitrogens with zero attached hydrogens (tertiary/aromatic N) is 3. The number of benzene rings is 1. The van der Waals surface area contributed by atoms with E-state index in [1.54, 1.807) is 17.9 Å². The van der Waals surface area contributed by atoms with Crippen LogP contribution in [0, 0.1) is 6.92 Å². The molecule has 1 aromatic heterocycles. The minimum atomic E-state index is -0.315. The summed E-state index contributed by atoms with van der Waals surface area (Å²) in [5.74, 6) is 0.426. The van der Waals surface area contributed by atoms with Gasteiger partial charge in [0.2, 0.25) is 11.8 Å². The molecule has 2 amide bonds. The number of carbonyl (C=O) groups excluding carboxylic acids is 2. The van der Waals surface area contributed by atoms with Crippen molar-refractivity contribution in [2.75, 3.05) is 38.1 Å². The van der Waals surface area contributed by atoms with Gasteiger partial charge in [-0.05, 0) is 51.9 Å². The number of carbonyl (C=O) groups is 2. The quantitative estimate of drug-likeness (QED) is 0.480. The maximum Gasteiger partial charge on any atom is 0.249 e. The van der Waals surface area contributed by atoms with E-state index in [1.807, 2.05) is 37.3 Å². The van der Waals surface area contributed by atoms with Crippen LogP contribution in [-0.4, -0.2) is 65.6 Å². The van der Waals surface area contributed by atoms with Crippen LogP contribution in [0.5, 0.6) is 0 Å². The maximum atomic E-state index is 13.0. The second-order valence-electron chi connectivity index (χ2n) is 7.89. The van der Waals surface area contributed by atoms with Crippen molar-refractivity contribution in [2.24, 2.45) is 0 Å². The minimum absolute atomic E-state index is 0.0636. The molecule has 1 heterocycles. The molecule has 2 aromatic rings. The summed E-state index contributed by atoms with van der Waals surface area (Å²) in [5.41, 5.74) is 0.998. The molecule has 1 N–H and O–H groups in total. The van der Waals surface area contributed by atoms with Gasteiger partial charge in [0.25, 0.3) is 0 Å². The van der Waals surface area contributed by atoms with Gasteiger partial charge in [-0.2, -0.15) is 0 Å². The number of aryl methyl sites for hydroxylation is 1. The summed E-state index contributed by atoms with van der Waals surface area (Å²) in [7, 11) is 0. The first kappa shape index (κ1) is 25.5. The normalized spacial score (nSPS) is 12.0. The Morgan fingerprint density at radius 3 is 2.53 bits per heavy atom. The number of anilines is 1. The standard InChI is InChI=1S/C24H36N4O4/c1-5-27(6-2)14-10-11-19(3)28(16-23(29)25-22-15-20(4)32-26-22)24(30)18-31-17-21-12-8-7-9-13-21/h7-9,12-13,15,19H,5-6,10-11,14,16-18H2,1-4H3,(H,25,26,29). The lowest BCUT2D eigenvalue weighted by Gasteiger charge is -2.29. The lowest BCUT2D eigenvalue weighted by Crippen LogP contribution is -2.45. The second-order valence-corrected chi connectivity index (χ2v) is 7.89. The lowest BCUT2D eigenvalue weighted by atomic mass is 10.1. The Morgan fingerprint density at radius 2 is 1.91 bits per heavy atom. The molecular formula is C24H36N4O4. The van der Waals surface area contributed by atoms with Gasteiger partial charge in [0.1, 0.15) is 18.9 Å². The lowest BCUT2D eigenvalue weighted by molar-refractivity contribution is -0.141. The monoisotopic (exact) mass is 444 g/mol. The smallest absolute Gasteiger partial charge is 0.249 e. The van der Waals surface area contributed by atoms with Crippen molar-refractivity contribution < 1.29 is 18.8 Å². The van der Waals surface area contributed by atoms with Gasteiger partial charge in [-0.25, -0.2) is 0 Å². The van der Waals surface area contributed by atoms with E-state index in [-0.39, 0.29) is 31.0 Å². The van der Waals surface area contributed by atoms with E-state index in [9.17, 15) is 9.59 Å². The maximum absolute atomic E-state index is 13.0. The summed E-state index contributed by atoms with van der Waals surface area (Å²) in [4.78, 5) is 29.5. The predicted octanol–water partition coefficient (Wildman–Crippen LogP) is 3.48. The van der Waals surface area contributed by atoms with Gasteiger partial charge in [-0.1, -0.05) is 49.3 Å². The Balaban J connectivity index is 1.94. The summed E-state index contributed by atoms with van der Waals surface area (Å²) >= 11 is 0. The SMILES string of the molecule is CCN(CC)CCCC(C)N(CC(=O)Nc1cc(C)on1)C(=O)COCc1ccccc1. The third-order valence-corrected chi connectivity index (χ3v) is 5.39. The highest BCUT2D eigenvalue weighted by Gasteiger charge is 2.23. The molecule has 0 aliphatic carbocycles. The van der Waals surface area contributed by atoms with Crippen molar-refractivity contribution >= 4 is 17.6 Å². The van der Waals surface area contributed by atoms with Crippen molar-refractivity contribution in [3.05, 3.63) is 47.7 Å². The molecule has 0 saturated heterocycles. The molecule has 0 aliphatic heterocycles. The molecule has 0 saturated carbocycles. The number of hydrogen-bond acceptors (Lipinski definition) is 6. The summed E-state index contributed by atoms with van der Waals surface area (Å²) in [6, 6.07) is 11.2. The molecule has 0 spiro atoms. The molecule has 1 atom stereocenters. The average molecular weight is 445 g/mol. The molecule has 1 unspecified atom stereocenters. The summed E-state index contributed by atoms with van der Waals surface area (Å²) in [6.07, 6.45) is 1.75. The van der Waals surface area contributed by atoms with Crippen LogP contribution in [0.15, 0.2) is 40.9 Å². The van der Waals surface area contributed by atoms with Crippen LogP contribution < -0.4 is 5.32 Å². The number of ether oxygens (including phenoxy) is 1. The summed E-state index contributed by atoms with van der Waals surface area (Å²) in [5, 5.41) is 6.47. The third kappa shape index (κ3) is 8.80. The first-order valence-electron chi connectivity index (χ1n) is 11.3. The molecule has 1 aromatic carbocycles. The van der Waals surface area contributed by atoms with E-state index >= 15 is 0 Å². The van der Waals surface area contributed by atoms with Gasteiger partial charge in [0.05, 0.1) is 6.61 Å². The minimum Gasteiger partial charge on any atom is -0.367 e. The fourth-order valence-electron chi connectivity index (χ4n) is 3.47. The fraction of sp³-hybridized carbons (Fsp3) is 0.542. The van der Waals surface area contributed by atoms with Gasteiger partial charge in [0.15, 0.2) is 5.82 Å². The van der Waals surface area contributed by atoms with Crippen LogP contribution in [0.1, 0.15) is 44.9 Å².